The number of nitrogens with one attached hydrogen (secondary N) is 1. The number of alkyl halides is 3. The Morgan fingerprint density at radius 3 is 2.52 bits per heavy atom. The van der Waals surface area contributed by atoms with Crippen molar-refractivity contribution in [2.45, 2.75) is 43.5 Å². The third kappa shape index (κ3) is 7.57. The average Bonchev–Trinajstić information content (AvgIpc) is 2.63. The number of carbonyl (C=O) groups is 1. The molecule has 2 rings (SSSR count). The number of benzene rings is 1. The van der Waals surface area contributed by atoms with Crippen LogP contribution in [-0.4, -0.2) is 44.7 Å². The number of sulfonamides is 1. The van der Waals surface area contributed by atoms with Crippen molar-refractivity contribution < 1.29 is 26.4 Å². The molecule has 11 heteroatoms. The summed E-state index contributed by atoms with van der Waals surface area (Å²) in [5.41, 5.74) is -1.43. The normalized spacial score (nSPS) is 15.9. The van der Waals surface area contributed by atoms with Crippen LogP contribution in [0.1, 0.15) is 37.7 Å². The minimum Gasteiger partial charge on any atom is -0.354 e. The molecule has 164 valence electrons. The Morgan fingerprint density at radius 1 is 1.28 bits per heavy atom. The fraction of sp³-hybridized carbons (Fsp3) is 0.611. The number of hydrogen-bond donors (Lipinski definition) is 1. The molecule has 1 saturated carbocycles. The number of hydrogen-bond acceptors (Lipinski definition) is 4. The number of anilines is 1. The molecule has 0 aliphatic heterocycles. The topological polar surface area (TPSA) is 66.5 Å². The number of nitrogens with zero attached hydrogens (tertiary/aromatic N) is 1. The Labute approximate surface area is 178 Å². The summed E-state index contributed by atoms with van der Waals surface area (Å²) in [4.78, 5) is 12.2. The second-order valence-corrected chi connectivity index (χ2v) is 10.6. The van der Waals surface area contributed by atoms with Crippen molar-refractivity contribution in [1.82, 2.24) is 5.32 Å². The van der Waals surface area contributed by atoms with Gasteiger partial charge in [0.2, 0.25) is 15.9 Å². The lowest BCUT2D eigenvalue weighted by Crippen LogP contribution is -2.41. The molecule has 0 radical (unpaired) electrons. The first-order valence-corrected chi connectivity index (χ1v) is 12.5. The van der Waals surface area contributed by atoms with Crippen molar-refractivity contribution in [3.8, 4) is 0 Å². The Morgan fingerprint density at radius 2 is 1.93 bits per heavy atom. The Balaban J connectivity index is 1.99. The van der Waals surface area contributed by atoms with Gasteiger partial charge in [-0.3, -0.25) is 9.10 Å². The SMILES string of the molecule is CS(=O)(=O)N(CC(=O)NCCSC1CCCCC1)c1ccc(Cl)c(C(F)(F)F)c1. The predicted octanol–water partition coefficient (Wildman–Crippen LogP) is 4.31. The van der Waals surface area contributed by atoms with Crippen LogP contribution in [0.3, 0.4) is 0 Å². The van der Waals surface area contributed by atoms with Crippen molar-refractivity contribution in [2.24, 2.45) is 0 Å². The zero-order valence-electron chi connectivity index (χ0n) is 16.0. The minimum absolute atomic E-state index is 0.268. The van der Waals surface area contributed by atoms with Gasteiger partial charge in [-0.25, -0.2) is 8.42 Å². The summed E-state index contributed by atoms with van der Waals surface area (Å²) in [7, 11) is -3.98. The van der Waals surface area contributed by atoms with Gasteiger partial charge in [-0.1, -0.05) is 30.9 Å². The molecule has 0 bridgehead atoms. The second kappa shape index (κ2) is 10.3. The van der Waals surface area contributed by atoms with E-state index in [0.29, 0.717) is 27.9 Å². The molecule has 1 aliphatic rings. The van der Waals surface area contributed by atoms with E-state index in [4.69, 9.17) is 11.6 Å². The number of halogens is 4. The van der Waals surface area contributed by atoms with E-state index < -0.39 is 39.2 Å². The molecule has 0 spiro atoms. The summed E-state index contributed by atoms with van der Waals surface area (Å²) in [6.07, 6.45) is 2.12. The molecule has 1 amide bonds. The molecule has 0 saturated heterocycles. The molecule has 1 aliphatic carbocycles. The van der Waals surface area contributed by atoms with Crippen LogP contribution in [0.4, 0.5) is 18.9 Å². The van der Waals surface area contributed by atoms with Crippen LogP contribution >= 0.6 is 23.4 Å². The summed E-state index contributed by atoms with van der Waals surface area (Å²) >= 11 is 7.36. The fourth-order valence-electron chi connectivity index (χ4n) is 3.12. The predicted molar refractivity (Wildman–Crippen MR) is 111 cm³/mol. The lowest BCUT2D eigenvalue weighted by Gasteiger charge is -2.23. The second-order valence-electron chi connectivity index (χ2n) is 6.91. The molecular formula is C18H24ClF3N2O3S2. The Kier molecular flexibility index (Phi) is 8.54. The van der Waals surface area contributed by atoms with Gasteiger partial charge in [0.15, 0.2) is 0 Å². The highest BCUT2D eigenvalue weighted by atomic mass is 35.5. The van der Waals surface area contributed by atoms with Crippen molar-refractivity contribution in [1.29, 1.82) is 0 Å². The first-order valence-electron chi connectivity index (χ1n) is 9.21. The minimum atomic E-state index is -4.74. The van der Waals surface area contributed by atoms with Gasteiger partial charge in [0, 0.05) is 17.5 Å². The fourth-order valence-corrected chi connectivity index (χ4v) is 5.41. The van der Waals surface area contributed by atoms with E-state index >= 15 is 0 Å². The third-order valence-corrected chi connectivity index (χ3v) is 7.41. The summed E-state index contributed by atoms with van der Waals surface area (Å²) in [6, 6.07) is 2.75. The summed E-state index contributed by atoms with van der Waals surface area (Å²) in [6.45, 7) is -0.238. The highest BCUT2D eigenvalue weighted by molar-refractivity contribution is 7.99. The maximum Gasteiger partial charge on any atom is 0.417 e. The van der Waals surface area contributed by atoms with E-state index in [1.807, 2.05) is 0 Å². The molecule has 1 N–H and O–H groups in total. The smallest absolute Gasteiger partial charge is 0.354 e. The first kappa shape index (κ1) is 24.1. The molecule has 0 aromatic heterocycles. The molecule has 0 unspecified atom stereocenters. The van der Waals surface area contributed by atoms with Gasteiger partial charge in [-0.2, -0.15) is 24.9 Å². The van der Waals surface area contributed by atoms with E-state index in [9.17, 15) is 26.4 Å². The highest BCUT2D eigenvalue weighted by Gasteiger charge is 2.34. The third-order valence-electron chi connectivity index (χ3n) is 4.56. The van der Waals surface area contributed by atoms with Gasteiger partial charge in [0.1, 0.15) is 6.54 Å². The largest absolute Gasteiger partial charge is 0.417 e. The first-order chi connectivity index (χ1) is 13.5. The van der Waals surface area contributed by atoms with Gasteiger partial charge >= 0.3 is 6.18 Å². The summed E-state index contributed by atoms with van der Waals surface area (Å²) in [5.74, 6) is 0.122. The number of rotatable bonds is 8. The monoisotopic (exact) mass is 472 g/mol. The van der Waals surface area contributed by atoms with Crippen LogP contribution in [0.2, 0.25) is 5.02 Å². The van der Waals surface area contributed by atoms with Gasteiger partial charge in [-0.15, -0.1) is 0 Å². The van der Waals surface area contributed by atoms with E-state index in [1.54, 1.807) is 11.8 Å². The maximum absolute atomic E-state index is 13.1. The zero-order chi connectivity index (χ0) is 21.7. The van der Waals surface area contributed by atoms with Crippen LogP contribution in [0.5, 0.6) is 0 Å². The molecule has 29 heavy (non-hydrogen) atoms. The van der Waals surface area contributed by atoms with Crippen molar-refractivity contribution in [3.05, 3.63) is 28.8 Å². The summed E-state index contributed by atoms with van der Waals surface area (Å²) in [5, 5.41) is 2.68. The molecule has 1 fully saturated rings. The van der Waals surface area contributed by atoms with Gasteiger partial charge in [0.05, 0.1) is 22.5 Å². The van der Waals surface area contributed by atoms with Crippen LogP contribution in [-0.2, 0) is 21.0 Å². The van der Waals surface area contributed by atoms with Crippen molar-refractivity contribution in [2.75, 3.05) is 29.4 Å². The van der Waals surface area contributed by atoms with E-state index in [0.717, 1.165) is 18.4 Å². The lowest BCUT2D eigenvalue weighted by atomic mass is 10.0. The Hall–Kier alpha value is -1.13. The van der Waals surface area contributed by atoms with E-state index in [-0.39, 0.29) is 5.69 Å². The zero-order valence-corrected chi connectivity index (χ0v) is 18.4. The molecule has 5 nitrogen and oxygen atoms in total. The van der Waals surface area contributed by atoms with Gasteiger partial charge in [-0.05, 0) is 31.0 Å². The molecule has 0 heterocycles. The lowest BCUT2D eigenvalue weighted by molar-refractivity contribution is -0.137. The van der Waals surface area contributed by atoms with Crippen LogP contribution in [0.25, 0.3) is 0 Å². The van der Waals surface area contributed by atoms with Crippen LogP contribution < -0.4 is 9.62 Å². The Bertz CT molecular complexity index is 813. The number of carbonyl (C=O) groups excluding carboxylic acids is 1. The molecule has 0 atom stereocenters. The van der Waals surface area contributed by atoms with E-state index in [1.165, 1.54) is 32.1 Å². The molecular weight excluding hydrogens is 449 g/mol. The van der Waals surface area contributed by atoms with Crippen molar-refractivity contribution >= 4 is 45.0 Å². The van der Waals surface area contributed by atoms with Gasteiger partial charge < -0.3 is 5.32 Å². The summed E-state index contributed by atoms with van der Waals surface area (Å²) < 4.78 is 64.0. The van der Waals surface area contributed by atoms with Crippen LogP contribution in [0.15, 0.2) is 18.2 Å². The molecule has 1 aromatic carbocycles. The highest BCUT2D eigenvalue weighted by Crippen LogP contribution is 2.37. The average molecular weight is 473 g/mol. The van der Waals surface area contributed by atoms with Gasteiger partial charge in [0.25, 0.3) is 0 Å². The van der Waals surface area contributed by atoms with Crippen LogP contribution in [0, 0.1) is 0 Å². The standard InChI is InChI=1S/C18H24ClF3N2O3S2/c1-29(26,27)24(13-7-8-16(19)15(11-13)18(20,21)22)12-17(25)23-9-10-28-14-5-3-2-4-6-14/h7-8,11,14H,2-6,9-10,12H2,1H3,(H,23,25). The number of amides is 1. The molecule has 1 aromatic rings. The van der Waals surface area contributed by atoms with Crippen molar-refractivity contribution in [3.63, 3.8) is 0 Å². The quantitative estimate of drug-likeness (QED) is 0.573. The van der Waals surface area contributed by atoms with E-state index in [2.05, 4.69) is 5.32 Å². The number of thioether (sulfide) groups is 1. The maximum atomic E-state index is 13.1.